The predicted octanol–water partition coefficient (Wildman–Crippen LogP) is 2.11. The van der Waals surface area contributed by atoms with Gasteiger partial charge in [-0.1, -0.05) is 0 Å². The van der Waals surface area contributed by atoms with Gasteiger partial charge in [0.1, 0.15) is 0 Å². The van der Waals surface area contributed by atoms with Gasteiger partial charge in [0.2, 0.25) is 0 Å². The van der Waals surface area contributed by atoms with E-state index in [4.69, 9.17) is 0 Å². The van der Waals surface area contributed by atoms with Crippen LogP contribution in [0.25, 0.3) is 0 Å². The van der Waals surface area contributed by atoms with Crippen LogP contribution in [0.1, 0.15) is 19.3 Å². The van der Waals surface area contributed by atoms with E-state index in [2.05, 4.69) is 26.9 Å². The molecule has 1 saturated heterocycles. The van der Waals surface area contributed by atoms with Crippen LogP contribution in [0, 0.1) is 5.82 Å². The first-order valence-electron chi connectivity index (χ1n) is 8.06. The third kappa shape index (κ3) is 5.57. The number of hydrogen-bond donors (Lipinski definition) is 2. The van der Waals surface area contributed by atoms with Gasteiger partial charge in [-0.25, -0.2) is 9.37 Å². The summed E-state index contributed by atoms with van der Waals surface area (Å²) in [7, 11) is 1.78. The number of hydrogen-bond acceptors (Lipinski definition) is 4. The highest BCUT2D eigenvalue weighted by Crippen LogP contribution is 2.20. The molecular weight excluding hydrogens is 313 g/mol. The summed E-state index contributed by atoms with van der Waals surface area (Å²) in [5, 5.41) is 6.76. The topological polar surface area (TPSA) is 52.6 Å². The number of thioether (sulfide) groups is 1. The number of aromatic nitrogens is 1. The largest absolute Gasteiger partial charge is 0.356 e. The second kappa shape index (κ2) is 9.60. The van der Waals surface area contributed by atoms with Crippen LogP contribution in [0.2, 0.25) is 0 Å². The summed E-state index contributed by atoms with van der Waals surface area (Å²) in [6.45, 7) is 2.46. The summed E-state index contributed by atoms with van der Waals surface area (Å²) >= 11 is 1.88. The van der Waals surface area contributed by atoms with Gasteiger partial charge in [-0.05, 0) is 43.4 Å². The molecule has 0 radical (unpaired) electrons. The summed E-state index contributed by atoms with van der Waals surface area (Å²) < 4.78 is 13.8. The average molecular weight is 339 g/mol. The molecule has 0 spiro atoms. The summed E-state index contributed by atoms with van der Waals surface area (Å²) in [6.07, 6.45) is 7.06. The maximum Gasteiger partial charge on any atom is 0.191 e. The number of rotatable bonds is 7. The van der Waals surface area contributed by atoms with Crippen LogP contribution in [0.3, 0.4) is 0 Å². The van der Waals surface area contributed by atoms with Crippen molar-refractivity contribution in [3.8, 4) is 0 Å². The first-order chi connectivity index (χ1) is 11.2. The Kier molecular flexibility index (Phi) is 7.45. The smallest absolute Gasteiger partial charge is 0.191 e. The van der Waals surface area contributed by atoms with Gasteiger partial charge < -0.3 is 15.5 Å². The molecular formula is C16H26FN5S. The Labute approximate surface area is 142 Å². The van der Waals surface area contributed by atoms with E-state index in [9.17, 15) is 4.39 Å². The zero-order valence-electron chi connectivity index (χ0n) is 13.9. The van der Waals surface area contributed by atoms with E-state index in [1.54, 1.807) is 19.3 Å². The molecule has 2 N–H and O–H groups in total. The van der Waals surface area contributed by atoms with Gasteiger partial charge in [-0.3, -0.25) is 4.99 Å². The van der Waals surface area contributed by atoms with Crippen molar-refractivity contribution in [2.75, 3.05) is 43.6 Å². The maximum atomic E-state index is 13.8. The third-order valence-corrected chi connectivity index (χ3v) is 4.56. The summed E-state index contributed by atoms with van der Waals surface area (Å²) in [5.41, 5.74) is 0. The third-order valence-electron chi connectivity index (χ3n) is 3.86. The molecule has 0 saturated carbocycles. The average Bonchev–Trinajstić information content (AvgIpc) is 3.02. The fourth-order valence-electron chi connectivity index (χ4n) is 2.65. The van der Waals surface area contributed by atoms with Crippen molar-refractivity contribution in [1.82, 2.24) is 15.6 Å². The van der Waals surface area contributed by atoms with Crippen molar-refractivity contribution in [2.45, 2.75) is 25.3 Å². The molecule has 1 aromatic rings. The van der Waals surface area contributed by atoms with Gasteiger partial charge in [0, 0.05) is 38.9 Å². The fourth-order valence-corrected chi connectivity index (χ4v) is 3.14. The zero-order chi connectivity index (χ0) is 16.5. The van der Waals surface area contributed by atoms with Crippen LogP contribution in [-0.4, -0.2) is 55.7 Å². The van der Waals surface area contributed by atoms with E-state index in [1.165, 1.54) is 18.2 Å². The Morgan fingerprint density at radius 2 is 2.39 bits per heavy atom. The molecule has 1 aliphatic heterocycles. The van der Waals surface area contributed by atoms with E-state index in [0.717, 1.165) is 38.4 Å². The minimum absolute atomic E-state index is 0.258. The molecule has 1 aliphatic rings. The lowest BCUT2D eigenvalue weighted by Gasteiger charge is -2.20. The molecule has 1 unspecified atom stereocenters. The monoisotopic (exact) mass is 339 g/mol. The van der Waals surface area contributed by atoms with Gasteiger partial charge in [-0.2, -0.15) is 11.8 Å². The Hall–Kier alpha value is -1.50. The molecule has 5 nitrogen and oxygen atoms in total. The molecule has 1 aromatic heterocycles. The van der Waals surface area contributed by atoms with Gasteiger partial charge in [0.15, 0.2) is 17.6 Å². The Bertz CT molecular complexity index is 511. The molecule has 1 fully saturated rings. The number of unbranched alkanes of at least 4 members (excludes halogenated alkanes) is 1. The first-order valence-corrected chi connectivity index (χ1v) is 9.45. The number of halogens is 1. The number of nitrogens with one attached hydrogen (secondary N) is 2. The minimum atomic E-state index is -0.260. The lowest BCUT2D eigenvalue weighted by Crippen LogP contribution is -2.45. The normalized spacial score (nSPS) is 18.3. The predicted molar refractivity (Wildman–Crippen MR) is 96.9 cm³/mol. The van der Waals surface area contributed by atoms with Crippen LogP contribution >= 0.6 is 11.8 Å². The van der Waals surface area contributed by atoms with Crippen molar-refractivity contribution >= 4 is 23.5 Å². The van der Waals surface area contributed by atoms with Crippen molar-refractivity contribution in [1.29, 1.82) is 0 Å². The van der Waals surface area contributed by atoms with Gasteiger partial charge in [0.05, 0.1) is 0 Å². The number of guanidine groups is 1. The van der Waals surface area contributed by atoms with Gasteiger partial charge in [-0.15, -0.1) is 0 Å². The summed E-state index contributed by atoms with van der Waals surface area (Å²) in [5.74, 6) is 2.20. The molecule has 1 atom stereocenters. The van der Waals surface area contributed by atoms with Crippen LogP contribution in [-0.2, 0) is 0 Å². The number of anilines is 1. The maximum absolute atomic E-state index is 13.8. The lowest BCUT2D eigenvalue weighted by molar-refractivity contribution is 0.612. The zero-order valence-corrected chi connectivity index (χ0v) is 14.7. The van der Waals surface area contributed by atoms with E-state index < -0.39 is 0 Å². The van der Waals surface area contributed by atoms with Crippen molar-refractivity contribution in [2.24, 2.45) is 4.99 Å². The summed E-state index contributed by atoms with van der Waals surface area (Å²) in [6, 6.07) is 3.33. The Balaban J connectivity index is 1.76. The molecule has 0 aliphatic carbocycles. The summed E-state index contributed by atoms with van der Waals surface area (Å²) in [4.78, 5) is 10.4. The van der Waals surface area contributed by atoms with Crippen LogP contribution in [0.5, 0.6) is 0 Å². The fraction of sp³-hybridized carbons (Fsp3) is 0.625. The van der Waals surface area contributed by atoms with Gasteiger partial charge in [0.25, 0.3) is 0 Å². The van der Waals surface area contributed by atoms with E-state index in [1.807, 2.05) is 16.7 Å². The molecule has 0 amide bonds. The quantitative estimate of drug-likeness (QED) is 0.453. The van der Waals surface area contributed by atoms with Crippen molar-refractivity contribution in [3.05, 3.63) is 24.1 Å². The first kappa shape index (κ1) is 17.8. The second-order valence-corrected chi connectivity index (χ2v) is 6.57. The molecule has 7 heteroatoms. The standard InChI is InChI=1S/C16H26FN5S/c1-18-16(20-8-3-4-11-23-2)21-13-7-10-22(12-13)15-14(17)6-5-9-19-15/h5-6,9,13H,3-4,7-8,10-12H2,1-2H3,(H2,18,20,21). The minimum Gasteiger partial charge on any atom is -0.356 e. The molecule has 23 heavy (non-hydrogen) atoms. The van der Waals surface area contributed by atoms with Crippen molar-refractivity contribution < 1.29 is 4.39 Å². The molecule has 0 aromatic carbocycles. The van der Waals surface area contributed by atoms with E-state index >= 15 is 0 Å². The molecule has 128 valence electrons. The Morgan fingerprint density at radius 3 is 3.13 bits per heavy atom. The SMILES string of the molecule is CN=C(NCCCCSC)NC1CCN(c2ncccc2F)C1. The number of aliphatic imine (C=N–C) groups is 1. The number of nitrogens with zero attached hydrogens (tertiary/aromatic N) is 3. The van der Waals surface area contributed by atoms with Gasteiger partial charge >= 0.3 is 0 Å². The molecule has 0 bridgehead atoms. The Morgan fingerprint density at radius 1 is 1.52 bits per heavy atom. The van der Waals surface area contributed by atoms with Crippen LogP contribution in [0.15, 0.2) is 23.3 Å². The number of pyridine rings is 1. The highest BCUT2D eigenvalue weighted by molar-refractivity contribution is 7.98. The van der Waals surface area contributed by atoms with Crippen LogP contribution in [0.4, 0.5) is 10.2 Å². The second-order valence-electron chi connectivity index (χ2n) is 5.58. The van der Waals surface area contributed by atoms with Crippen molar-refractivity contribution in [3.63, 3.8) is 0 Å². The molecule has 2 heterocycles. The molecule has 2 rings (SSSR count). The highest BCUT2D eigenvalue weighted by atomic mass is 32.2. The highest BCUT2D eigenvalue weighted by Gasteiger charge is 2.25. The lowest BCUT2D eigenvalue weighted by atomic mass is 10.3. The van der Waals surface area contributed by atoms with E-state index in [-0.39, 0.29) is 11.9 Å². The van der Waals surface area contributed by atoms with E-state index in [0.29, 0.717) is 5.82 Å². The van der Waals surface area contributed by atoms with Crippen LogP contribution < -0.4 is 15.5 Å².